The summed E-state index contributed by atoms with van der Waals surface area (Å²) in [5, 5.41) is 4.33. The van der Waals surface area contributed by atoms with Gasteiger partial charge in [-0.3, -0.25) is 19.2 Å². The van der Waals surface area contributed by atoms with Crippen LogP contribution in [0.2, 0.25) is 0 Å². The van der Waals surface area contributed by atoms with Gasteiger partial charge in [0.15, 0.2) is 0 Å². The summed E-state index contributed by atoms with van der Waals surface area (Å²) in [6, 6.07) is 2.75. The number of likely N-dealkylation sites (tertiary alicyclic amines) is 1. The molecule has 1 saturated carbocycles. The highest BCUT2D eigenvalue weighted by Gasteiger charge is 2.38. The summed E-state index contributed by atoms with van der Waals surface area (Å²) in [6.45, 7) is 7.04. The van der Waals surface area contributed by atoms with Gasteiger partial charge in [0.1, 0.15) is 6.54 Å². The monoisotopic (exact) mass is 431 g/mol. The van der Waals surface area contributed by atoms with Crippen LogP contribution in [0.15, 0.2) is 12.3 Å². The SMILES string of the molecule is Cc1ccn(CC(=O)N(C)CCN(C2CCOCC2)C2CCCN(C(=O)C3CC3)C2)n1. The lowest BCUT2D eigenvalue weighted by Crippen LogP contribution is -2.55. The van der Waals surface area contributed by atoms with Gasteiger partial charge in [0, 0.05) is 70.6 Å². The number of carbonyl (C=O) groups is 2. The highest BCUT2D eigenvalue weighted by atomic mass is 16.5. The summed E-state index contributed by atoms with van der Waals surface area (Å²) in [5.74, 6) is 0.715. The van der Waals surface area contributed by atoms with Crippen LogP contribution in [0.25, 0.3) is 0 Å². The molecule has 0 spiro atoms. The van der Waals surface area contributed by atoms with E-state index in [-0.39, 0.29) is 18.4 Å². The molecule has 1 atom stereocenters. The predicted molar refractivity (Wildman–Crippen MR) is 117 cm³/mol. The van der Waals surface area contributed by atoms with Crippen molar-refractivity contribution < 1.29 is 14.3 Å². The summed E-state index contributed by atoms with van der Waals surface area (Å²) in [4.78, 5) is 31.8. The van der Waals surface area contributed by atoms with Gasteiger partial charge in [-0.2, -0.15) is 5.10 Å². The Kier molecular flexibility index (Phi) is 7.27. The third-order valence-corrected chi connectivity index (χ3v) is 6.95. The Labute approximate surface area is 185 Å². The van der Waals surface area contributed by atoms with Gasteiger partial charge in [-0.15, -0.1) is 0 Å². The molecule has 31 heavy (non-hydrogen) atoms. The maximum Gasteiger partial charge on any atom is 0.244 e. The van der Waals surface area contributed by atoms with Crippen LogP contribution in [0.4, 0.5) is 0 Å². The molecule has 1 aliphatic carbocycles. The zero-order chi connectivity index (χ0) is 21.8. The quantitative estimate of drug-likeness (QED) is 0.624. The molecule has 1 unspecified atom stereocenters. The lowest BCUT2D eigenvalue weighted by molar-refractivity contribution is -0.135. The molecule has 4 rings (SSSR count). The van der Waals surface area contributed by atoms with E-state index in [9.17, 15) is 9.59 Å². The zero-order valence-corrected chi connectivity index (χ0v) is 19.0. The van der Waals surface area contributed by atoms with Crippen molar-refractivity contribution in [1.82, 2.24) is 24.5 Å². The van der Waals surface area contributed by atoms with Crippen molar-refractivity contribution in [3.05, 3.63) is 18.0 Å². The Morgan fingerprint density at radius 2 is 1.90 bits per heavy atom. The maximum absolute atomic E-state index is 12.7. The van der Waals surface area contributed by atoms with E-state index in [0.717, 1.165) is 77.1 Å². The summed E-state index contributed by atoms with van der Waals surface area (Å²) in [5.41, 5.74) is 0.920. The van der Waals surface area contributed by atoms with E-state index in [1.165, 1.54) is 0 Å². The molecule has 1 aromatic heterocycles. The molecule has 8 nitrogen and oxygen atoms in total. The van der Waals surface area contributed by atoms with Crippen molar-refractivity contribution in [3.63, 3.8) is 0 Å². The van der Waals surface area contributed by atoms with Gasteiger partial charge in [0.25, 0.3) is 0 Å². The first-order chi connectivity index (χ1) is 15.0. The molecular weight excluding hydrogens is 394 g/mol. The predicted octanol–water partition coefficient (Wildman–Crippen LogP) is 1.53. The lowest BCUT2D eigenvalue weighted by Gasteiger charge is -2.44. The Bertz CT molecular complexity index is 756. The van der Waals surface area contributed by atoms with Gasteiger partial charge in [0.05, 0.1) is 5.69 Å². The van der Waals surface area contributed by atoms with Crippen LogP contribution in [0.3, 0.4) is 0 Å². The minimum atomic E-state index is 0.0733. The number of aromatic nitrogens is 2. The normalized spacial score (nSPS) is 22.7. The van der Waals surface area contributed by atoms with E-state index in [1.54, 1.807) is 4.68 Å². The molecule has 3 heterocycles. The van der Waals surface area contributed by atoms with Gasteiger partial charge in [0.2, 0.25) is 11.8 Å². The summed E-state index contributed by atoms with van der Waals surface area (Å²) in [7, 11) is 1.88. The molecule has 3 aliphatic rings. The number of carbonyl (C=O) groups excluding carboxylic acids is 2. The first-order valence-electron chi connectivity index (χ1n) is 11.9. The molecule has 2 amide bonds. The summed E-state index contributed by atoms with van der Waals surface area (Å²) < 4.78 is 7.30. The lowest BCUT2D eigenvalue weighted by atomic mass is 9.98. The minimum absolute atomic E-state index is 0.0733. The number of nitrogens with zero attached hydrogens (tertiary/aromatic N) is 5. The Morgan fingerprint density at radius 3 is 2.58 bits per heavy atom. The Hall–Kier alpha value is -1.93. The fourth-order valence-corrected chi connectivity index (χ4v) is 4.89. The number of rotatable bonds is 8. The van der Waals surface area contributed by atoms with Crippen molar-refractivity contribution in [2.24, 2.45) is 5.92 Å². The topological polar surface area (TPSA) is 70.9 Å². The maximum atomic E-state index is 12.7. The van der Waals surface area contributed by atoms with Crippen molar-refractivity contribution in [2.75, 3.05) is 46.4 Å². The van der Waals surface area contributed by atoms with Crippen LogP contribution in [-0.4, -0.2) is 94.8 Å². The summed E-state index contributed by atoms with van der Waals surface area (Å²) >= 11 is 0. The van der Waals surface area contributed by atoms with Crippen molar-refractivity contribution in [1.29, 1.82) is 0 Å². The van der Waals surface area contributed by atoms with Crippen molar-refractivity contribution in [2.45, 2.75) is 64.1 Å². The molecule has 0 N–H and O–H groups in total. The Balaban J connectivity index is 1.36. The van der Waals surface area contributed by atoms with Gasteiger partial charge < -0.3 is 14.5 Å². The second kappa shape index (κ2) is 10.1. The number of ether oxygens (including phenoxy) is 1. The number of hydrogen-bond donors (Lipinski definition) is 0. The smallest absolute Gasteiger partial charge is 0.244 e. The van der Waals surface area contributed by atoms with Crippen LogP contribution in [0, 0.1) is 12.8 Å². The number of likely N-dealkylation sites (N-methyl/N-ethyl adjacent to an activating group) is 1. The van der Waals surface area contributed by atoms with Gasteiger partial charge in [-0.1, -0.05) is 0 Å². The fourth-order valence-electron chi connectivity index (χ4n) is 4.89. The molecule has 0 aromatic carbocycles. The number of piperidine rings is 1. The second-order valence-corrected chi connectivity index (χ2v) is 9.41. The highest BCUT2D eigenvalue weighted by molar-refractivity contribution is 5.81. The molecule has 0 radical (unpaired) electrons. The molecule has 2 aliphatic heterocycles. The molecule has 1 aromatic rings. The molecule has 3 fully saturated rings. The van der Waals surface area contributed by atoms with E-state index in [2.05, 4.69) is 14.9 Å². The van der Waals surface area contributed by atoms with Crippen LogP contribution < -0.4 is 0 Å². The molecule has 8 heteroatoms. The number of amides is 2. The molecular formula is C23H37N5O3. The van der Waals surface area contributed by atoms with E-state index < -0.39 is 0 Å². The second-order valence-electron chi connectivity index (χ2n) is 9.41. The zero-order valence-electron chi connectivity index (χ0n) is 19.0. The van der Waals surface area contributed by atoms with Gasteiger partial charge in [-0.05, 0) is 51.5 Å². The first-order valence-corrected chi connectivity index (χ1v) is 11.9. The average Bonchev–Trinajstić information content (AvgIpc) is 3.56. The van der Waals surface area contributed by atoms with E-state index in [4.69, 9.17) is 4.74 Å². The van der Waals surface area contributed by atoms with E-state index >= 15 is 0 Å². The van der Waals surface area contributed by atoms with Crippen LogP contribution in [-0.2, 0) is 20.9 Å². The number of aryl methyl sites for hydroxylation is 1. The van der Waals surface area contributed by atoms with Crippen molar-refractivity contribution >= 4 is 11.8 Å². The van der Waals surface area contributed by atoms with E-state index in [0.29, 0.717) is 24.5 Å². The Morgan fingerprint density at radius 1 is 1.13 bits per heavy atom. The van der Waals surface area contributed by atoms with E-state index in [1.807, 2.05) is 31.1 Å². The molecule has 172 valence electrons. The molecule has 2 saturated heterocycles. The van der Waals surface area contributed by atoms with Crippen LogP contribution in [0.5, 0.6) is 0 Å². The van der Waals surface area contributed by atoms with Crippen LogP contribution in [0.1, 0.15) is 44.2 Å². The third kappa shape index (κ3) is 5.86. The fraction of sp³-hybridized carbons (Fsp3) is 0.783. The van der Waals surface area contributed by atoms with Gasteiger partial charge in [-0.25, -0.2) is 0 Å². The standard InChI is InChI=1S/C23H37N5O3/c1-18-7-11-27(24-18)17-22(29)25(2)12-13-28(20-8-14-31-15-9-20)21-4-3-10-26(16-21)23(30)19-5-6-19/h7,11,19-21H,3-6,8-10,12-17H2,1-2H3. The minimum Gasteiger partial charge on any atom is -0.381 e. The largest absolute Gasteiger partial charge is 0.381 e. The average molecular weight is 432 g/mol. The van der Waals surface area contributed by atoms with Crippen molar-refractivity contribution in [3.8, 4) is 0 Å². The summed E-state index contributed by atoms with van der Waals surface area (Å²) in [6.07, 6.45) is 8.21. The van der Waals surface area contributed by atoms with Gasteiger partial charge >= 0.3 is 0 Å². The highest BCUT2D eigenvalue weighted by Crippen LogP contribution is 2.32. The van der Waals surface area contributed by atoms with Crippen LogP contribution >= 0.6 is 0 Å². The molecule has 0 bridgehead atoms. The third-order valence-electron chi connectivity index (χ3n) is 6.95. The first kappa shape index (κ1) is 22.3. The number of hydrogen-bond acceptors (Lipinski definition) is 5.